The molecule has 1 aliphatic rings. The number of hydrogen-bond donors (Lipinski definition) is 1. The second-order valence-electron chi connectivity index (χ2n) is 4.21. The highest BCUT2D eigenvalue weighted by molar-refractivity contribution is 6.06. The van der Waals surface area contributed by atoms with E-state index in [-0.39, 0.29) is 5.91 Å². The van der Waals surface area contributed by atoms with Gasteiger partial charge in [0.2, 0.25) is 5.91 Å². The number of carbonyl (C=O) groups excluding carboxylic acids is 1. The molecule has 5 heteroatoms. The third-order valence-electron chi connectivity index (χ3n) is 2.72. The third-order valence-corrected chi connectivity index (χ3v) is 2.72. The molecule has 0 saturated heterocycles. The lowest BCUT2D eigenvalue weighted by atomic mass is 10.2. The maximum absolute atomic E-state index is 11.6. The number of nitrogens with zero attached hydrogens (tertiary/aromatic N) is 3. The van der Waals surface area contributed by atoms with Gasteiger partial charge in [0.25, 0.3) is 0 Å². The van der Waals surface area contributed by atoms with Crippen LogP contribution >= 0.6 is 0 Å². The first-order valence-electron chi connectivity index (χ1n) is 5.71. The molecule has 2 heterocycles. The smallest absolute Gasteiger partial charge is 0.231 e. The van der Waals surface area contributed by atoms with Gasteiger partial charge in [-0.25, -0.2) is 4.98 Å². The van der Waals surface area contributed by atoms with E-state index in [1.54, 1.807) is 10.9 Å². The van der Waals surface area contributed by atoms with E-state index in [9.17, 15) is 4.79 Å². The lowest BCUT2D eigenvalue weighted by molar-refractivity contribution is -0.115. The van der Waals surface area contributed by atoms with E-state index < -0.39 is 0 Å². The van der Waals surface area contributed by atoms with Crippen molar-refractivity contribution in [2.24, 2.45) is 5.10 Å². The maximum Gasteiger partial charge on any atom is 0.231 e. The Balaban J connectivity index is 2.15. The van der Waals surface area contributed by atoms with Crippen LogP contribution < -0.4 is 5.32 Å². The summed E-state index contributed by atoms with van der Waals surface area (Å²) in [4.78, 5) is 15.9. The number of fused-ring (bicyclic) bond motifs is 1. The third kappa shape index (κ3) is 1.79. The van der Waals surface area contributed by atoms with Crippen LogP contribution in [-0.2, 0) is 4.79 Å². The molecule has 3 rings (SSSR count). The summed E-state index contributed by atoms with van der Waals surface area (Å²) in [5.41, 5.74) is 1.73. The second kappa shape index (κ2) is 4.10. The zero-order valence-electron chi connectivity index (χ0n) is 9.92. The summed E-state index contributed by atoms with van der Waals surface area (Å²) < 4.78 is 1.68. The lowest BCUT2D eigenvalue weighted by Crippen LogP contribution is -2.12. The number of benzene rings is 1. The van der Waals surface area contributed by atoms with E-state index in [0.717, 1.165) is 17.1 Å². The molecule has 1 amide bonds. The number of nitrogens with one attached hydrogen (secondary N) is 1. The Bertz CT molecular complexity index is 628. The van der Waals surface area contributed by atoms with Crippen molar-refractivity contribution >= 4 is 17.4 Å². The topological polar surface area (TPSA) is 59.3 Å². The molecule has 0 saturated carbocycles. The first-order chi connectivity index (χ1) is 8.74. The van der Waals surface area contributed by atoms with Crippen molar-refractivity contribution < 1.29 is 4.79 Å². The van der Waals surface area contributed by atoms with Gasteiger partial charge in [-0.1, -0.05) is 30.3 Å². The highest BCUT2D eigenvalue weighted by Crippen LogP contribution is 2.23. The number of amides is 1. The minimum Gasteiger partial charge on any atom is -0.309 e. The van der Waals surface area contributed by atoms with Crippen LogP contribution in [-0.4, -0.2) is 21.3 Å². The van der Waals surface area contributed by atoms with Gasteiger partial charge in [-0.15, -0.1) is 0 Å². The Morgan fingerprint density at radius 1 is 1.28 bits per heavy atom. The van der Waals surface area contributed by atoms with Crippen molar-refractivity contribution in [1.29, 1.82) is 0 Å². The average molecular weight is 240 g/mol. The molecule has 0 fully saturated rings. The van der Waals surface area contributed by atoms with E-state index in [1.165, 1.54) is 0 Å². The van der Waals surface area contributed by atoms with Crippen LogP contribution in [0.2, 0.25) is 0 Å². The van der Waals surface area contributed by atoms with Gasteiger partial charge in [-0.05, 0) is 6.92 Å². The molecule has 0 radical (unpaired) electrons. The quantitative estimate of drug-likeness (QED) is 0.830. The second-order valence-corrected chi connectivity index (χ2v) is 4.21. The SMILES string of the molecule is CC1=Nn2c(cnc2-c2ccccc2)NC(=O)C1. The van der Waals surface area contributed by atoms with Gasteiger partial charge in [0.05, 0.1) is 12.6 Å². The number of anilines is 1. The monoisotopic (exact) mass is 240 g/mol. The van der Waals surface area contributed by atoms with Gasteiger partial charge >= 0.3 is 0 Å². The number of hydrogen-bond acceptors (Lipinski definition) is 3. The first kappa shape index (κ1) is 10.7. The van der Waals surface area contributed by atoms with Crippen LogP contribution in [0.25, 0.3) is 11.4 Å². The molecule has 1 aromatic heterocycles. The molecular weight excluding hydrogens is 228 g/mol. The van der Waals surface area contributed by atoms with E-state index in [1.807, 2.05) is 37.3 Å². The number of carbonyl (C=O) groups is 1. The van der Waals surface area contributed by atoms with Gasteiger partial charge < -0.3 is 5.32 Å². The molecule has 0 spiro atoms. The van der Waals surface area contributed by atoms with E-state index in [2.05, 4.69) is 15.4 Å². The molecule has 18 heavy (non-hydrogen) atoms. The van der Waals surface area contributed by atoms with Crippen molar-refractivity contribution in [1.82, 2.24) is 9.66 Å². The predicted molar refractivity (Wildman–Crippen MR) is 69.4 cm³/mol. The molecule has 5 nitrogen and oxygen atoms in total. The van der Waals surface area contributed by atoms with Crippen molar-refractivity contribution in [2.75, 3.05) is 5.32 Å². The highest BCUT2D eigenvalue weighted by Gasteiger charge is 2.17. The summed E-state index contributed by atoms with van der Waals surface area (Å²) in [6.07, 6.45) is 1.94. The predicted octanol–water partition coefficient (Wildman–Crippen LogP) is 2.12. The molecule has 0 unspecified atom stereocenters. The van der Waals surface area contributed by atoms with Gasteiger partial charge in [-0.3, -0.25) is 4.79 Å². The Hall–Kier alpha value is -2.43. The number of imidazole rings is 1. The van der Waals surface area contributed by atoms with Crippen molar-refractivity contribution in [3.8, 4) is 11.4 Å². The Morgan fingerprint density at radius 3 is 2.83 bits per heavy atom. The fourth-order valence-corrected chi connectivity index (χ4v) is 1.94. The number of rotatable bonds is 1. The van der Waals surface area contributed by atoms with Crippen molar-refractivity contribution in [3.05, 3.63) is 36.5 Å². The van der Waals surface area contributed by atoms with E-state index in [0.29, 0.717) is 12.2 Å². The molecule has 2 aromatic rings. The van der Waals surface area contributed by atoms with Gasteiger partial charge in [0, 0.05) is 11.3 Å². The Kier molecular flexibility index (Phi) is 2.44. The van der Waals surface area contributed by atoms with Gasteiger partial charge in [-0.2, -0.15) is 9.78 Å². The summed E-state index contributed by atoms with van der Waals surface area (Å²) in [6.45, 7) is 1.84. The molecule has 1 aromatic carbocycles. The van der Waals surface area contributed by atoms with Gasteiger partial charge in [0.1, 0.15) is 0 Å². The van der Waals surface area contributed by atoms with Crippen LogP contribution in [0.1, 0.15) is 13.3 Å². The standard InChI is InChI=1S/C13H12N4O/c1-9-7-12(18)15-11-8-14-13(17(11)16-9)10-5-3-2-4-6-10/h2-6,8H,7H2,1H3,(H,15,18). The van der Waals surface area contributed by atoms with Gasteiger partial charge in [0.15, 0.2) is 11.6 Å². The molecule has 1 N–H and O–H groups in total. The summed E-state index contributed by atoms with van der Waals surface area (Å²) in [5, 5.41) is 7.20. The van der Waals surface area contributed by atoms with Crippen molar-refractivity contribution in [3.63, 3.8) is 0 Å². The van der Waals surface area contributed by atoms with Crippen LogP contribution in [0, 0.1) is 0 Å². The summed E-state index contributed by atoms with van der Waals surface area (Å²) in [7, 11) is 0. The molecule has 1 aliphatic heterocycles. The highest BCUT2D eigenvalue weighted by atomic mass is 16.1. The van der Waals surface area contributed by atoms with E-state index >= 15 is 0 Å². The summed E-state index contributed by atoms with van der Waals surface area (Å²) >= 11 is 0. The largest absolute Gasteiger partial charge is 0.309 e. The molecule has 0 aliphatic carbocycles. The number of aromatic nitrogens is 2. The molecule has 0 atom stereocenters. The fraction of sp³-hybridized carbons (Fsp3) is 0.154. The summed E-state index contributed by atoms with van der Waals surface area (Å²) in [5.74, 6) is 1.28. The molecular formula is C13H12N4O. The Morgan fingerprint density at radius 2 is 2.06 bits per heavy atom. The lowest BCUT2D eigenvalue weighted by Gasteiger charge is -2.04. The zero-order chi connectivity index (χ0) is 12.5. The molecule has 90 valence electrons. The first-order valence-corrected chi connectivity index (χ1v) is 5.71. The average Bonchev–Trinajstić information content (AvgIpc) is 2.66. The van der Waals surface area contributed by atoms with Crippen molar-refractivity contribution in [2.45, 2.75) is 13.3 Å². The van der Waals surface area contributed by atoms with E-state index in [4.69, 9.17) is 0 Å². The normalized spacial score (nSPS) is 14.5. The zero-order valence-corrected chi connectivity index (χ0v) is 9.92. The minimum absolute atomic E-state index is 0.0606. The fourth-order valence-electron chi connectivity index (χ4n) is 1.94. The van der Waals surface area contributed by atoms with Crippen LogP contribution in [0.3, 0.4) is 0 Å². The van der Waals surface area contributed by atoms with Crippen LogP contribution in [0.15, 0.2) is 41.6 Å². The van der Waals surface area contributed by atoms with Crippen LogP contribution in [0.4, 0.5) is 5.82 Å². The maximum atomic E-state index is 11.6. The van der Waals surface area contributed by atoms with Crippen LogP contribution in [0.5, 0.6) is 0 Å². The minimum atomic E-state index is -0.0606. The summed E-state index contributed by atoms with van der Waals surface area (Å²) in [6, 6.07) is 9.78. The molecule has 0 bridgehead atoms. The Labute approximate surface area is 104 Å².